The van der Waals surface area contributed by atoms with Crippen LogP contribution in [0.15, 0.2) is 0 Å². The molecule has 0 aromatic rings. The zero-order valence-corrected chi connectivity index (χ0v) is 9.25. The molecule has 4 nitrogen and oxygen atoms in total. The summed E-state index contributed by atoms with van der Waals surface area (Å²) in [7, 11) is 3.51. The smallest absolute Gasteiger partial charge is 0.248 e. The van der Waals surface area contributed by atoms with Crippen LogP contribution < -0.4 is 5.32 Å². The molecular formula is C10H20N2O2. The van der Waals surface area contributed by atoms with Gasteiger partial charge < -0.3 is 15.0 Å². The Bertz CT molecular complexity index is 197. The molecule has 1 rings (SSSR count). The van der Waals surface area contributed by atoms with Crippen LogP contribution in [0.2, 0.25) is 0 Å². The van der Waals surface area contributed by atoms with Crippen molar-refractivity contribution in [3.8, 4) is 0 Å². The molecule has 0 aliphatic carbocycles. The van der Waals surface area contributed by atoms with E-state index >= 15 is 0 Å². The highest BCUT2D eigenvalue weighted by molar-refractivity contribution is 5.77. The van der Waals surface area contributed by atoms with Gasteiger partial charge in [-0.15, -0.1) is 0 Å². The number of rotatable bonds is 3. The van der Waals surface area contributed by atoms with E-state index in [0.717, 1.165) is 19.5 Å². The van der Waals surface area contributed by atoms with Crippen LogP contribution in [0.5, 0.6) is 0 Å². The Hall–Kier alpha value is -0.610. The Morgan fingerprint density at radius 1 is 1.64 bits per heavy atom. The first-order valence-corrected chi connectivity index (χ1v) is 5.13. The summed E-state index contributed by atoms with van der Waals surface area (Å²) in [5.74, 6) is 0.742. The van der Waals surface area contributed by atoms with Gasteiger partial charge in [-0.2, -0.15) is 0 Å². The van der Waals surface area contributed by atoms with Crippen LogP contribution in [-0.2, 0) is 9.53 Å². The van der Waals surface area contributed by atoms with Crippen LogP contribution in [0, 0.1) is 5.92 Å². The summed E-state index contributed by atoms with van der Waals surface area (Å²) < 4.78 is 4.84. The summed E-state index contributed by atoms with van der Waals surface area (Å²) in [4.78, 5) is 13.4. The van der Waals surface area contributed by atoms with Crippen LogP contribution in [0.3, 0.4) is 0 Å². The number of likely N-dealkylation sites (tertiary alicyclic amines) is 1. The minimum Gasteiger partial charge on any atom is -0.375 e. The van der Waals surface area contributed by atoms with Crippen molar-refractivity contribution in [2.24, 2.45) is 5.92 Å². The van der Waals surface area contributed by atoms with E-state index in [1.165, 1.54) is 0 Å². The Balaban J connectivity index is 2.45. The molecule has 82 valence electrons. The van der Waals surface area contributed by atoms with E-state index in [1.54, 1.807) is 7.11 Å². The first kappa shape index (κ1) is 11.5. The van der Waals surface area contributed by atoms with Gasteiger partial charge in [0.2, 0.25) is 5.91 Å². The molecule has 0 saturated carbocycles. The summed E-state index contributed by atoms with van der Waals surface area (Å²) in [5, 5.41) is 3.25. The number of hydrogen-bond acceptors (Lipinski definition) is 3. The third kappa shape index (κ3) is 2.69. The SMILES string of the molecule is CNC1CN(C(=O)COC)CCC1C. The van der Waals surface area contributed by atoms with Crippen LogP contribution >= 0.6 is 0 Å². The summed E-state index contributed by atoms with van der Waals surface area (Å²) in [6.45, 7) is 4.09. The van der Waals surface area contributed by atoms with Gasteiger partial charge in [0.05, 0.1) is 0 Å². The highest BCUT2D eigenvalue weighted by Gasteiger charge is 2.27. The number of likely N-dealkylation sites (N-methyl/N-ethyl adjacent to an activating group) is 1. The minimum atomic E-state index is 0.0969. The van der Waals surface area contributed by atoms with Crippen LogP contribution in [0.1, 0.15) is 13.3 Å². The van der Waals surface area contributed by atoms with Crippen molar-refractivity contribution in [3.63, 3.8) is 0 Å². The standard InChI is InChI=1S/C10H20N2O2/c1-8-4-5-12(6-9(8)11-2)10(13)7-14-3/h8-9,11H,4-7H2,1-3H3. The lowest BCUT2D eigenvalue weighted by Crippen LogP contribution is -2.51. The molecule has 0 aromatic carbocycles. The number of piperidine rings is 1. The van der Waals surface area contributed by atoms with Gasteiger partial charge in [-0.1, -0.05) is 6.92 Å². The molecule has 1 N–H and O–H groups in total. The minimum absolute atomic E-state index is 0.0969. The number of carbonyl (C=O) groups is 1. The molecule has 4 heteroatoms. The summed E-state index contributed by atoms with van der Waals surface area (Å²) in [5.41, 5.74) is 0. The third-order valence-corrected chi connectivity index (χ3v) is 2.95. The van der Waals surface area contributed by atoms with Crippen molar-refractivity contribution in [3.05, 3.63) is 0 Å². The predicted octanol–water partition coefficient (Wildman–Crippen LogP) is 0.0892. The van der Waals surface area contributed by atoms with Gasteiger partial charge in [0.15, 0.2) is 0 Å². The number of methoxy groups -OCH3 is 1. The zero-order valence-electron chi connectivity index (χ0n) is 9.25. The molecule has 1 aliphatic rings. The number of nitrogens with zero attached hydrogens (tertiary/aromatic N) is 1. The van der Waals surface area contributed by atoms with Gasteiger partial charge in [0.25, 0.3) is 0 Å². The number of ether oxygens (including phenoxy) is 1. The van der Waals surface area contributed by atoms with Gasteiger partial charge >= 0.3 is 0 Å². The van der Waals surface area contributed by atoms with Crippen molar-refractivity contribution >= 4 is 5.91 Å². The molecule has 0 bridgehead atoms. The molecule has 2 atom stereocenters. The molecule has 1 heterocycles. The summed E-state index contributed by atoms with van der Waals surface area (Å²) >= 11 is 0. The Kier molecular flexibility index (Phi) is 4.35. The van der Waals surface area contributed by atoms with Gasteiger partial charge in [-0.3, -0.25) is 4.79 Å². The normalized spacial score (nSPS) is 27.8. The fraction of sp³-hybridized carbons (Fsp3) is 0.900. The topological polar surface area (TPSA) is 41.6 Å². The fourth-order valence-corrected chi connectivity index (χ4v) is 1.89. The van der Waals surface area contributed by atoms with Gasteiger partial charge in [-0.05, 0) is 19.4 Å². The van der Waals surface area contributed by atoms with Gasteiger partial charge in [-0.25, -0.2) is 0 Å². The van der Waals surface area contributed by atoms with E-state index in [2.05, 4.69) is 12.2 Å². The largest absolute Gasteiger partial charge is 0.375 e. The van der Waals surface area contributed by atoms with E-state index in [1.807, 2.05) is 11.9 Å². The second kappa shape index (κ2) is 5.32. The highest BCUT2D eigenvalue weighted by Crippen LogP contribution is 2.16. The van der Waals surface area contributed by atoms with E-state index in [9.17, 15) is 4.79 Å². The quantitative estimate of drug-likeness (QED) is 0.702. The maximum absolute atomic E-state index is 11.5. The number of nitrogens with one attached hydrogen (secondary N) is 1. The third-order valence-electron chi connectivity index (χ3n) is 2.95. The molecular weight excluding hydrogens is 180 g/mol. The molecule has 1 aliphatic heterocycles. The molecule has 14 heavy (non-hydrogen) atoms. The first-order chi connectivity index (χ1) is 6.69. The molecule has 1 fully saturated rings. The van der Waals surface area contributed by atoms with Crippen molar-refractivity contribution in [1.82, 2.24) is 10.2 Å². The Labute approximate surface area is 85.6 Å². The summed E-state index contributed by atoms with van der Waals surface area (Å²) in [6, 6.07) is 0.421. The lowest BCUT2D eigenvalue weighted by molar-refractivity contribution is -0.137. The molecule has 2 unspecified atom stereocenters. The molecule has 0 spiro atoms. The van der Waals surface area contributed by atoms with E-state index in [4.69, 9.17) is 4.74 Å². The van der Waals surface area contributed by atoms with Crippen molar-refractivity contribution in [1.29, 1.82) is 0 Å². The Morgan fingerprint density at radius 2 is 2.36 bits per heavy atom. The average molecular weight is 200 g/mol. The average Bonchev–Trinajstić information content (AvgIpc) is 2.19. The van der Waals surface area contributed by atoms with Crippen molar-refractivity contribution in [2.75, 3.05) is 33.9 Å². The predicted molar refractivity (Wildman–Crippen MR) is 55.1 cm³/mol. The number of amides is 1. The number of carbonyl (C=O) groups excluding carboxylic acids is 1. The second-order valence-electron chi connectivity index (χ2n) is 3.93. The van der Waals surface area contributed by atoms with E-state index in [-0.39, 0.29) is 12.5 Å². The van der Waals surface area contributed by atoms with E-state index in [0.29, 0.717) is 12.0 Å². The Morgan fingerprint density at radius 3 is 2.93 bits per heavy atom. The monoisotopic (exact) mass is 200 g/mol. The molecule has 0 aromatic heterocycles. The van der Waals surface area contributed by atoms with Crippen molar-refractivity contribution < 1.29 is 9.53 Å². The maximum Gasteiger partial charge on any atom is 0.248 e. The molecule has 1 amide bonds. The molecule has 1 saturated heterocycles. The lowest BCUT2D eigenvalue weighted by Gasteiger charge is -2.36. The van der Waals surface area contributed by atoms with Crippen molar-refractivity contribution in [2.45, 2.75) is 19.4 Å². The fourth-order valence-electron chi connectivity index (χ4n) is 1.89. The van der Waals surface area contributed by atoms with Crippen LogP contribution in [-0.4, -0.2) is 50.7 Å². The van der Waals surface area contributed by atoms with Crippen LogP contribution in [0.4, 0.5) is 0 Å². The number of hydrogen-bond donors (Lipinski definition) is 1. The second-order valence-corrected chi connectivity index (χ2v) is 3.93. The molecule has 0 radical (unpaired) electrons. The van der Waals surface area contributed by atoms with E-state index < -0.39 is 0 Å². The summed E-state index contributed by atoms with van der Waals surface area (Å²) in [6.07, 6.45) is 1.07. The first-order valence-electron chi connectivity index (χ1n) is 5.13. The van der Waals surface area contributed by atoms with Gasteiger partial charge in [0, 0.05) is 26.2 Å². The van der Waals surface area contributed by atoms with Gasteiger partial charge in [0.1, 0.15) is 6.61 Å². The maximum atomic E-state index is 11.5. The zero-order chi connectivity index (χ0) is 10.6. The van der Waals surface area contributed by atoms with Crippen LogP contribution in [0.25, 0.3) is 0 Å². The lowest BCUT2D eigenvalue weighted by atomic mass is 9.93. The highest BCUT2D eigenvalue weighted by atomic mass is 16.5.